The topological polar surface area (TPSA) is 78.1 Å². The third-order valence-electron chi connectivity index (χ3n) is 4.53. The number of halogens is 1. The van der Waals surface area contributed by atoms with Crippen LogP contribution in [-0.4, -0.2) is 33.4 Å². The monoisotopic (exact) mass is 380 g/mol. The molecule has 136 valence electrons. The van der Waals surface area contributed by atoms with Crippen LogP contribution < -0.4 is 5.32 Å². The average molecular weight is 381 g/mol. The minimum atomic E-state index is -0.511. The molecule has 7 heteroatoms. The van der Waals surface area contributed by atoms with Crippen LogP contribution in [0.15, 0.2) is 60.8 Å². The molecule has 3 aromatic rings. The van der Waals surface area contributed by atoms with Crippen LogP contribution in [0, 0.1) is 0 Å². The van der Waals surface area contributed by atoms with Crippen LogP contribution in [0.4, 0.5) is 4.79 Å². The van der Waals surface area contributed by atoms with Gasteiger partial charge in [0.25, 0.3) is 5.91 Å². The number of nitrogens with one attached hydrogen (secondary N) is 2. The first-order chi connectivity index (χ1) is 13.1. The Balaban J connectivity index is 1.69. The number of imidazole rings is 1. The van der Waals surface area contributed by atoms with Crippen LogP contribution in [0.25, 0.3) is 11.3 Å². The van der Waals surface area contributed by atoms with Crippen molar-refractivity contribution in [2.45, 2.75) is 12.5 Å². The molecule has 2 aromatic carbocycles. The van der Waals surface area contributed by atoms with Crippen molar-refractivity contribution in [2.75, 3.05) is 6.54 Å². The highest BCUT2D eigenvalue weighted by Crippen LogP contribution is 2.28. The van der Waals surface area contributed by atoms with Crippen LogP contribution >= 0.6 is 11.6 Å². The number of urea groups is 1. The minimum Gasteiger partial charge on any atom is -0.340 e. The lowest BCUT2D eigenvalue weighted by atomic mass is 10.0. The number of rotatable bonds is 5. The number of nitrogens with zero attached hydrogens (tertiary/aromatic N) is 2. The Morgan fingerprint density at radius 1 is 1.07 bits per heavy atom. The van der Waals surface area contributed by atoms with Crippen LogP contribution in [0.1, 0.15) is 17.4 Å². The molecule has 4 rings (SSSR count). The van der Waals surface area contributed by atoms with Crippen LogP contribution in [0.5, 0.6) is 0 Å². The smallest absolute Gasteiger partial charge is 0.325 e. The fourth-order valence-electron chi connectivity index (χ4n) is 3.18. The Kier molecular flexibility index (Phi) is 4.64. The van der Waals surface area contributed by atoms with E-state index < -0.39 is 12.1 Å². The number of H-pyrrole nitrogens is 1. The molecule has 1 aliphatic rings. The summed E-state index contributed by atoms with van der Waals surface area (Å²) in [5, 5.41) is 3.23. The van der Waals surface area contributed by atoms with E-state index in [0.29, 0.717) is 17.3 Å². The van der Waals surface area contributed by atoms with Gasteiger partial charge in [0.15, 0.2) is 0 Å². The third kappa shape index (κ3) is 3.57. The molecular formula is C20H17ClN4O2. The summed E-state index contributed by atoms with van der Waals surface area (Å²) in [6.45, 7) is 0.00880. The maximum absolute atomic E-state index is 12.3. The number of carbonyl (C=O) groups is 2. The van der Waals surface area contributed by atoms with Gasteiger partial charge in [-0.25, -0.2) is 9.78 Å². The summed E-state index contributed by atoms with van der Waals surface area (Å²) in [5.74, 6) is 0.305. The molecular weight excluding hydrogens is 364 g/mol. The quantitative estimate of drug-likeness (QED) is 0.664. The lowest BCUT2D eigenvalue weighted by Gasteiger charge is -2.23. The molecule has 0 aliphatic carbocycles. The summed E-state index contributed by atoms with van der Waals surface area (Å²) >= 11 is 5.95. The average Bonchev–Trinajstić information content (AvgIpc) is 3.29. The van der Waals surface area contributed by atoms with E-state index in [2.05, 4.69) is 15.3 Å². The summed E-state index contributed by atoms with van der Waals surface area (Å²) in [7, 11) is 0. The van der Waals surface area contributed by atoms with Crippen molar-refractivity contribution < 1.29 is 9.59 Å². The molecule has 0 bridgehead atoms. The van der Waals surface area contributed by atoms with Gasteiger partial charge >= 0.3 is 6.03 Å². The van der Waals surface area contributed by atoms with Gasteiger partial charge in [-0.05, 0) is 23.3 Å². The molecule has 1 aliphatic heterocycles. The maximum atomic E-state index is 12.3. The van der Waals surface area contributed by atoms with Gasteiger partial charge in [-0.3, -0.25) is 9.69 Å². The zero-order valence-electron chi connectivity index (χ0n) is 14.4. The van der Waals surface area contributed by atoms with Gasteiger partial charge in [0, 0.05) is 11.4 Å². The molecule has 0 saturated carbocycles. The summed E-state index contributed by atoms with van der Waals surface area (Å²) < 4.78 is 0. The predicted octanol–water partition coefficient (Wildman–Crippen LogP) is 3.57. The van der Waals surface area contributed by atoms with E-state index in [1.807, 2.05) is 42.5 Å². The number of carbonyl (C=O) groups excluding carboxylic acids is 2. The predicted molar refractivity (Wildman–Crippen MR) is 102 cm³/mol. The van der Waals surface area contributed by atoms with Gasteiger partial charge in [-0.2, -0.15) is 0 Å². The van der Waals surface area contributed by atoms with Gasteiger partial charge < -0.3 is 10.3 Å². The normalized spacial score (nSPS) is 15.1. The van der Waals surface area contributed by atoms with Gasteiger partial charge in [-0.1, -0.05) is 54.1 Å². The van der Waals surface area contributed by atoms with E-state index in [1.165, 1.54) is 4.90 Å². The fourth-order valence-corrected chi connectivity index (χ4v) is 3.31. The van der Waals surface area contributed by atoms with Crippen molar-refractivity contribution in [1.29, 1.82) is 0 Å². The summed E-state index contributed by atoms with van der Waals surface area (Å²) in [6.07, 6.45) is 2.18. The molecule has 1 saturated heterocycles. The van der Waals surface area contributed by atoms with E-state index in [0.717, 1.165) is 16.8 Å². The molecule has 6 nitrogen and oxygen atoms in total. The molecule has 3 amide bonds. The van der Waals surface area contributed by atoms with Crippen molar-refractivity contribution in [1.82, 2.24) is 20.2 Å². The fraction of sp³-hybridized carbons (Fsp3) is 0.150. The summed E-state index contributed by atoms with van der Waals surface area (Å²) in [6, 6.07) is 16.2. The van der Waals surface area contributed by atoms with Gasteiger partial charge in [0.2, 0.25) is 0 Å². The second-order valence-corrected chi connectivity index (χ2v) is 6.75. The first-order valence-electron chi connectivity index (χ1n) is 8.56. The van der Waals surface area contributed by atoms with E-state index in [-0.39, 0.29) is 12.5 Å². The summed E-state index contributed by atoms with van der Waals surface area (Å²) in [4.78, 5) is 33.5. The van der Waals surface area contributed by atoms with Crippen LogP contribution in [0.3, 0.4) is 0 Å². The number of aromatic amines is 1. The molecule has 27 heavy (non-hydrogen) atoms. The number of aromatic nitrogens is 2. The van der Waals surface area contributed by atoms with Crippen molar-refractivity contribution in [3.8, 4) is 11.3 Å². The number of hydrogen-bond donors (Lipinski definition) is 2. The molecule has 1 fully saturated rings. The molecule has 0 spiro atoms. The molecule has 2 heterocycles. The Bertz CT molecular complexity index is 953. The highest BCUT2D eigenvalue weighted by molar-refractivity contribution is 6.30. The zero-order chi connectivity index (χ0) is 18.8. The van der Waals surface area contributed by atoms with E-state index in [4.69, 9.17) is 11.6 Å². The number of hydrogen-bond acceptors (Lipinski definition) is 3. The lowest BCUT2D eigenvalue weighted by Crippen LogP contribution is -2.36. The van der Waals surface area contributed by atoms with Gasteiger partial charge in [0.1, 0.15) is 11.9 Å². The number of imide groups is 1. The number of amides is 3. The largest absolute Gasteiger partial charge is 0.340 e. The highest BCUT2D eigenvalue weighted by Gasteiger charge is 2.37. The van der Waals surface area contributed by atoms with E-state index >= 15 is 0 Å². The SMILES string of the molecule is O=C1CNC(=O)N1C(Cc1ccccc1)c1ncc(-c2ccc(Cl)cc2)[nH]1. The Labute approximate surface area is 161 Å². The Morgan fingerprint density at radius 3 is 2.48 bits per heavy atom. The second kappa shape index (κ2) is 7.25. The van der Waals surface area contributed by atoms with Crippen molar-refractivity contribution in [2.24, 2.45) is 0 Å². The highest BCUT2D eigenvalue weighted by atomic mass is 35.5. The second-order valence-electron chi connectivity index (χ2n) is 6.32. The first kappa shape index (κ1) is 17.3. The van der Waals surface area contributed by atoms with Gasteiger partial charge in [-0.15, -0.1) is 0 Å². The Hall–Kier alpha value is -3.12. The molecule has 0 radical (unpaired) electrons. The van der Waals surface area contributed by atoms with Crippen LogP contribution in [0.2, 0.25) is 5.02 Å². The molecule has 1 atom stereocenters. The summed E-state index contributed by atoms with van der Waals surface area (Å²) in [5.41, 5.74) is 2.74. The third-order valence-corrected chi connectivity index (χ3v) is 4.78. The minimum absolute atomic E-state index is 0.00880. The Morgan fingerprint density at radius 2 is 1.81 bits per heavy atom. The lowest BCUT2D eigenvalue weighted by molar-refractivity contribution is -0.126. The van der Waals surface area contributed by atoms with E-state index in [9.17, 15) is 9.59 Å². The van der Waals surface area contributed by atoms with Crippen LogP contribution in [-0.2, 0) is 11.2 Å². The van der Waals surface area contributed by atoms with E-state index in [1.54, 1.807) is 18.3 Å². The number of benzene rings is 2. The standard InChI is InChI=1S/C20H17ClN4O2/c21-15-8-6-14(7-9-15)16-11-22-19(24-16)17(10-13-4-2-1-3-5-13)25-18(26)12-23-20(25)27/h1-9,11,17H,10,12H2,(H,22,24)(H,23,27). The molecule has 1 aromatic heterocycles. The van der Waals surface area contributed by atoms with Crippen molar-refractivity contribution in [3.63, 3.8) is 0 Å². The van der Waals surface area contributed by atoms with Crippen molar-refractivity contribution in [3.05, 3.63) is 77.2 Å². The molecule has 1 unspecified atom stereocenters. The zero-order valence-corrected chi connectivity index (χ0v) is 15.1. The first-order valence-corrected chi connectivity index (χ1v) is 8.94. The van der Waals surface area contributed by atoms with Crippen molar-refractivity contribution >= 4 is 23.5 Å². The maximum Gasteiger partial charge on any atom is 0.325 e. The molecule has 2 N–H and O–H groups in total. The van der Waals surface area contributed by atoms with Gasteiger partial charge in [0.05, 0.1) is 18.4 Å².